The molecule has 2 N–H and O–H groups in total. The molecule has 4 heteroatoms. The quantitative estimate of drug-likeness (QED) is 0.825. The van der Waals surface area contributed by atoms with Crippen LogP contribution in [0.3, 0.4) is 0 Å². The fourth-order valence-electron chi connectivity index (χ4n) is 2.03. The zero-order valence-corrected chi connectivity index (χ0v) is 9.57. The van der Waals surface area contributed by atoms with Crippen LogP contribution in [0.15, 0.2) is 24.3 Å². The number of hydrogen-bond acceptors (Lipinski definition) is 3. The fraction of sp³-hybridized carbons (Fsp3) is 0.385. The maximum Gasteiger partial charge on any atom is 0.224 e. The normalized spacial score (nSPS) is 18.6. The second-order valence-electron chi connectivity index (χ2n) is 4.30. The molecular weight excluding hydrogens is 214 g/mol. The molecule has 2 rings (SSSR count). The minimum atomic E-state index is 0.0220. The second-order valence-corrected chi connectivity index (χ2v) is 4.30. The maximum atomic E-state index is 11.7. The monoisotopic (exact) mass is 229 g/mol. The summed E-state index contributed by atoms with van der Waals surface area (Å²) in [5.74, 6) is 0.461. The van der Waals surface area contributed by atoms with Crippen LogP contribution in [0.1, 0.15) is 18.4 Å². The molecule has 1 unspecified atom stereocenters. The molecule has 4 nitrogen and oxygen atoms in total. The van der Waals surface area contributed by atoms with Crippen molar-refractivity contribution < 1.29 is 4.79 Å². The molecule has 0 spiro atoms. The summed E-state index contributed by atoms with van der Waals surface area (Å²) in [6, 6.07) is 9.02. The van der Waals surface area contributed by atoms with Gasteiger partial charge in [0.05, 0.1) is 11.6 Å². The molecule has 0 saturated carbocycles. The number of carbonyl (C=O) groups is 1. The summed E-state index contributed by atoms with van der Waals surface area (Å²) in [6.07, 6.45) is 1.61. The van der Waals surface area contributed by atoms with Crippen LogP contribution in [0.2, 0.25) is 0 Å². The third-order valence-electron chi connectivity index (χ3n) is 2.91. The number of nitrogens with zero attached hydrogens (tertiary/aromatic N) is 1. The van der Waals surface area contributed by atoms with Crippen LogP contribution in [0.4, 0.5) is 5.69 Å². The lowest BCUT2D eigenvalue weighted by Crippen LogP contribution is -2.18. The minimum absolute atomic E-state index is 0.0220. The van der Waals surface area contributed by atoms with Gasteiger partial charge in [0.25, 0.3) is 0 Å². The number of nitrogens with one attached hydrogen (secondary N) is 2. The molecule has 1 aromatic rings. The van der Waals surface area contributed by atoms with E-state index in [0.29, 0.717) is 23.6 Å². The summed E-state index contributed by atoms with van der Waals surface area (Å²) in [4.78, 5) is 11.7. The predicted molar refractivity (Wildman–Crippen MR) is 65.4 cm³/mol. The van der Waals surface area contributed by atoms with Gasteiger partial charge >= 0.3 is 0 Å². The summed E-state index contributed by atoms with van der Waals surface area (Å²) < 4.78 is 0. The number of benzene rings is 1. The third kappa shape index (κ3) is 3.30. The van der Waals surface area contributed by atoms with Gasteiger partial charge in [-0.15, -0.1) is 0 Å². The van der Waals surface area contributed by atoms with Gasteiger partial charge < -0.3 is 10.6 Å². The number of nitriles is 1. The Labute approximate surface area is 101 Å². The Hall–Kier alpha value is -1.86. The van der Waals surface area contributed by atoms with Gasteiger partial charge in [-0.2, -0.15) is 5.26 Å². The summed E-state index contributed by atoms with van der Waals surface area (Å²) in [5, 5.41) is 14.8. The number of rotatable bonds is 3. The van der Waals surface area contributed by atoms with E-state index in [4.69, 9.17) is 5.26 Å². The Balaban J connectivity index is 1.91. The van der Waals surface area contributed by atoms with Gasteiger partial charge in [-0.1, -0.05) is 6.07 Å². The molecule has 17 heavy (non-hydrogen) atoms. The minimum Gasteiger partial charge on any atom is -0.326 e. The molecule has 1 aliphatic heterocycles. The molecule has 0 aliphatic carbocycles. The van der Waals surface area contributed by atoms with Gasteiger partial charge in [0.15, 0.2) is 0 Å². The van der Waals surface area contributed by atoms with Crippen molar-refractivity contribution in [3.8, 4) is 6.07 Å². The van der Waals surface area contributed by atoms with Crippen LogP contribution in [-0.4, -0.2) is 19.0 Å². The standard InChI is InChI=1S/C13H15N3O/c14-8-10-2-1-3-12(6-10)16-13(17)7-11-4-5-15-9-11/h1-3,6,11,15H,4-5,7,9H2,(H,16,17). The Morgan fingerprint density at radius 3 is 3.18 bits per heavy atom. The molecule has 0 bridgehead atoms. The first kappa shape index (κ1) is 11.6. The molecule has 1 heterocycles. The van der Waals surface area contributed by atoms with Gasteiger partial charge in [0, 0.05) is 12.1 Å². The zero-order chi connectivity index (χ0) is 12.1. The smallest absolute Gasteiger partial charge is 0.224 e. The molecule has 1 aromatic carbocycles. The van der Waals surface area contributed by atoms with Crippen LogP contribution in [-0.2, 0) is 4.79 Å². The predicted octanol–water partition coefficient (Wildman–Crippen LogP) is 1.50. The third-order valence-corrected chi connectivity index (χ3v) is 2.91. The van der Waals surface area contributed by atoms with Gasteiger partial charge in [0.1, 0.15) is 0 Å². The number of anilines is 1. The Morgan fingerprint density at radius 2 is 2.47 bits per heavy atom. The highest BCUT2D eigenvalue weighted by Crippen LogP contribution is 2.15. The van der Waals surface area contributed by atoms with Gasteiger partial charge in [0.2, 0.25) is 5.91 Å². The van der Waals surface area contributed by atoms with Crippen molar-refractivity contribution >= 4 is 11.6 Å². The highest BCUT2D eigenvalue weighted by atomic mass is 16.1. The van der Waals surface area contributed by atoms with Gasteiger partial charge in [-0.3, -0.25) is 4.79 Å². The summed E-state index contributed by atoms with van der Waals surface area (Å²) in [5.41, 5.74) is 1.25. The lowest BCUT2D eigenvalue weighted by molar-refractivity contribution is -0.116. The Kier molecular flexibility index (Phi) is 3.73. The number of carbonyl (C=O) groups excluding carboxylic acids is 1. The molecule has 0 aromatic heterocycles. The van der Waals surface area contributed by atoms with Crippen LogP contribution in [0.25, 0.3) is 0 Å². The largest absolute Gasteiger partial charge is 0.326 e. The highest BCUT2D eigenvalue weighted by molar-refractivity contribution is 5.91. The first-order chi connectivity index (χ1) is 8.28. The molecular formula is C13H15N3O. The highest BCUT2D eigenvalue weighted by Gasteiger charge is 2.17. The average molecular weight is 229 g/mol. The summed E-state index contributed by atoms with van der Waals surface area (Å²) in [7, 11) is 0. The van der Waals surface area contributed by atoms with Crippen LogP contribution in [0.5, 0.6) is 0 Å². The zero-order valence-electron chi connectivity index (χ0n) is 9.57. The van der Waals surface area contributed by atoms with E-state index in [1.54, 1.807) is 24.3 Å². The van der Waals surface area contributed by atoms with E-state index in [-0.39, 0.29) is 5.91 Å². The maximum absolute atomic E-state index is 11.7. The van der Waals surface area contributed by atoms with Crippen molar-refractivity contribution in [1.29, 1.82) is 5.26 Å². The summed E-state index contributed by atoms with van der Waals surface area (Å²) in [6.45, 7) is 1.92. The van der Waals surface area contributed by atoms with E-state index in [0.717, 1.165) is 19.5 Å². The van der Waals surface area contributed by atoms with Crippen molar-refractivity contribution in [2.75, 3.05) is 18.4 Å². The van der Waals surface area contributed by atoms with E-state index in [1.807, 2.05) is 0 Å². The van der Waals surface area contributed by atoms with E-state index in [2.05, 4.69) is 16.7 Å². The van der Waals surface area contributed by atoms with E-state index < -0.39 is 0 Å². The van der Waals surface area contributed by atoms with Gasteiger partial charge in [-0.05, 0) is 43.6 Å². The molecule has 0 radical (unpaired) electrons. The van der Waals surface area contributed by atoms with Gasteiger partial charge in [-0.25, -0.2) is 0 Å². The lowest BCUT2D eigenvalue weighted by Gasteiger charge is -2.09. The second kappa shape index (κ2) is 5.46. The lowest BCUT2D eigenvalue weighted by atomic mass is 10.0. The molecule has 1 fully saturated rings. The SMILES string of the molecule is N#Cc1cccc(NC(=O)CC2CCNC2)c1. The first-order valence-electron chi connectivity index (χ1n) is 5.78. The van der Waals surface area contributed by atoms with Crippen LogP contribution >= 0.6 is 0 Å². The van der Waals surface area contributed by atoms with Crippen molar-refractivity contribution in [3.05, 3.63) is 29.8 Å². The van der Waals surface area contributed by atoms with Crippen LogP contribution in [0, 0.1) is 17.2 Å². The average Bonchev–Trinajstić information content (AvgIpc) is 2.82. The van der Waals surface area contributed by atoms with E-state index in [9.17, 15) is 4.79 Å². The van der Waals surface area contributed by atoms with E-state index >= 15 is 0 Å². The van der Waals surface area contributed by atoms with Crippen molar-refractivity contribution in [3.63, 3.8) is 0 Å². The van der Waals surface area contributed by atoms with Crippen molar-refractivity contribution in [2.24, 2.45) is 5.92 Å². The Bertz CT molecular complexity index is 444. The van der Waals surface area contributed by atoms with Crippen molar-refractivity contribution in [2.45, 2.75) is 12.8 Å². The molecule has 1 amide bonds. The Morgan fingerprint density at radius 1 is 1.59 bits per heavy atom. The topological polar surface area (TPSA) is 64.9 Å². The summed E-state index contributed by atoms with van der Waals surface area (Å²) >= 11 is 0. The number of amides is 1. The molecule has 1 atom stereocenters. The van der Waals surface area contributed by atoms with E-state index in [1.165, 1.54) is 0 Å². The number of hydrogen-bond donors (Lipinski definition) is 2. The van der Waals surface area contributed by atoms with Crippen molar-refractivity contribution in [1.82, 2.24) is 5.32 Å². The van der Waals surface area contributed by atoms with Crippen LogP contribution < -0.4 is 10.6 Å². The first-order valence-corrected chi connectivity index (χ1v) is 5.78. The fourth-order valence-corrected chi connectivity index (χ4v) is 2.03. The molecule has 88 valence electrons. The molecule has 1 saturated heterocycles. The molecule has 1 aliphatic rings.